The molecule has 0 aromatic carbocycles. The number of hydrogen-bond acceptors (Lipinski definition) is 5. The van der Waals surface area contributed by atoms with Crippen LogP contribution in [0.25, 0.3) is 0 Å². The van der Waals surface area contributed by atoms with Gasteiger partial charge in [0.15, 0.2) is 6.04 Å². The highest BCUT2D eigenvalue weighted by Crippen LogP contribution is 2.18. The van der Waals surface area contributed by atoms with Gasteiger partial charge in [-0.2, -0.15) is 5.10 Å². The molecule has 2 aromatic heterocycles. The van der Waals surface area contributed by atoms with E-state index in [9.17, 15) is 14.7 Å². The van der Waals surface area contributed by atoms with E-state index in [-0.39, 0.29) is 11.4 Å². The Kier molecular flexibility index (Phi) is 3.65. The summed E-state index contributed by atoms with van der Waals surface area (Å²) in [5, 5.41) is 15.9. The number of aliphatic carboxylic acids is 1. The number of hydrogen-bond donors (Lipinski definition) is 3. The number of carbonyl (C=O) groups is 2. The zero-order valence-electron chi connectivity index (χ0n) is 10.6. The number of carbonyl (C=O) groups excluding carboxylic acids is 1. The Balaban J connectivity index is 2.27. The quantitative estimate of drug-likeness (QED) is 0.713. The van der Waals surface area contributed by atoms with Gasteiger partial charge in [-0.3, -0.25) is 9.48 Å². The van der Waals surface area contributed by atoms with Gasteiger partial charge in [-0.05, 0) is 12.1 Å². The van der Waals surface area contributed by atoms with E-state index in [1.165, 1.54) is 29.2 Å². The molecule has 2 aromatic rings. The molecule has 0 saturated carbocycles. The van der Waals surface area contributed by atoms with Gasteiger partial charge in [-0.25, -0.2) is 9.78 Å². The highest BCUT2D eigenvalue weighted by Gasteiger charge is 2.21. The van der Waals surface area contributed by atoms with Gasteiger partial charge in [-0.15, -0.1) is 0 Å². The van der Waals surface area contributed by atoms with Crippen LogP contribution in [0.3, 0.4) is 0 Å². The first kappa shape index (κ1) is 13.5. The summed E-state index contributed by atoms with van der Waals surface area (Å²) in [6.07, 6.45) is 4.41. The van der Waals surface area contributed by atoms with E-state index in [0.29, 0.717) is 5.56 Å². The number of pyridine rings is 1. The molecule has 0 bridgehead atoms. The van der Waals surface area contributed by atoms with Crippen molar-refractivity contribution < 1.29 is 14.7 Å². The molecule has 20 heavy (non-hydrogen) atoms. The lowest BCUT2D eigenvalue weighted by Crippen LogP contribution is -2.21. The van der Waals surface area contributed by atoms with Crippen LogP contribution in [0.15, 0.2) is 30.7 Å². The number of rotatable bonds is 5. The number of carboxylic acid groups (broad SMARTS) is 1. The van der Waals surface area contributed by atoms with Crippen LogP contribution >= 0.6 is 0 Å². The first-order valence-corrected chi connectivity index (χ1v) is 5.71. The Morgan fingerprint density at radius 2 is 2.25 bits per heavy atom. The third-order valence-electron chi connectivity index (χ3n) is 2.64. The van der Waals surface area contributed by atoms with E-state index in [1.807, 2.05) is 0 Å². The van der Waals surface area contributed by atoms with Crippen molar-refractivity contribution in [3.05, 3.63) is 41.9 Å². The summed E-state index contributed by atoms with van der Waals surface area (Å²) in [4.78, 5) is 26.4. The molecule has 0 fully saturated rings. The fourth-order valence-corrected chi connectivity index (χ4v) is 1.69. The monoisotopic (exact) mass is 275 g/mol. The summed E-state index contributed by atoms with van der Waals surface area (Å²) in [6, 6.07) is 1.83. The number of amides is 1. The number of nitrogens with two attached hydrogens (primary N) is 1. The standard InChI is InChI=1S/C12H13N5O3/c1-17-6-8(5-15-17)10(12(19)20)16-9-4-7(11(13)18)2-3-14-9/h2-6,10H,1H3,(H2,13,18)(H,14,16)(H,19,20). The van der Waals surface area contributed by atoms with Crippen LogP contribution in [0, 0.1) is 0 Å². The number of nitrogens with one attached hydrogen (secondary N) is 1. The van der Waals surface area contributed by atoms with Gasteiger partial charge < -0.3 is 16.2 Å². The van der Waals surface area contributed by atoms with Crippen LogP contribution in [-0.2, 0) is 11.8 Å². The normalized spacial score (nSPS) is 11.8. The lowest BCUT2D eigenvalue weighted by Gasteiger charge is -2.13. The predicted molar refractivity (Wildman–Crippen MR) is 70.0 cm³/mol. The largest absolute Gasteiger partial charge is 0.479 e. The topological polar surface area (TPSA) is 123 Å². The van der Waals surface area contributed by atoms with Gasteiger partial charge in [-0.1, -0.05) is 0 Å². The second kappa shape index (κ2) is 5.39. The second-order valence-corrected chi connectivity index (χ2v) is 4.16. The fourth-order valence-electron chi connectivity index (χ4n) is 1.69. The van der Waals surface area contributed by atoms with E-state index in [1.54, 1.807) is 13.2 Å². The van der Waals surface area contributed by atoms with Crippen LogP contribution < -0.4 is 11.1 Å². The summed E-state index contributed by atoms with van der Waals surface area (Å²) >= 11 is 0. The molecular formula is C12H13N5O3. The lowest BCUT2D eigenvalue weighted by atomic mass is 10.1. The number of aryl methyl sites for hydroxylation is 1. The molecule has 2 rings (SSSR count). The van der Waals surface area contributed by atoms with Crippen molar-refractivity contribution in [2.24, 2.45) is 12.8 Å². The minimum absolute atomic E-state index is 0.248. The van der Waals surface area contributed by atoms with Gasteiger partial charge in [0.2, 0.25) is 5.91 Å². The first-order valence-electron chi connectivity index (χ1n) is 5.71. The van der Waals surface area contributed by atoms with E-state index < -0.39 is 17.9 Å². The SMILES string of the molecule is Cn1cc(C(Nc2cc(C(N)=O)ccn2)C(=O)O)cn1. The minimum atomic E-state index is -1.08. The third kappa shape index (κ3) is 2.91. The molecule has 0 aliphatic heterocycles. The maximum absolute atomic E-state index is 11.3. The molecular weight excluding hydrogens is 262 g/mol. The highest BCUT2D eigenvalue weighted by atomic mass is 16.4. The molecule has 0 aliphatic rings. The molecule has 1 unspecified atom stereocenters. The summed E-state index contributed by atoms with van der Waals surface area (Å²) in [5.41, 5.74) is 5.89. The Labute approximate surface area is 114 Å². The average molecular weight is 275 g/mol. The Bertz CT molecular complexity index is 652. The van der Waals surface area contributed by atoms with Gasteiger partial charge in [0.25, 0.3) is 0 Å². The molecule has 1 amide bonds. The molecule has 4 N–H and O–H groups in total. The van der Waals surface area contributed by atoms with Crippen molar-refractivity contribution in [2.45, 2.75) is 6.04 Å². The van der Waals surface area contributed by atoms with E-state index in [2.05, 4.69) is 15.4 Å². The first-order chi connectivity index (χ1) is 9.47. The van der Waals surface area contributed by atoms with Crippen LogP contribution in [0.5, 0.6) is 0 Å². The number of aromatic nitrogens is 3. The van der Waals surface area contributed by atoms with Gasteiger partial charge >= 0.3 is 5.97 Å². The smallest absolute Gasteiger partial charge is 0.330 e. The maximum atomic E-state index is 11.3. The molecule has 2 heterocycles. The minimum Gasteiger partial charge on any atom is -0.479 e. The third-order valence-corrected chi connectivity index (χ3v) is 2.64. The molecule has 8 nitrogen and oxygen atoms in total. The zero-order chi connectivity index (χ0) is 14.7. The number of anilines is 1. The van der Waals surface area contributed by atoms with Crippen molar-refractivity contribution in [1.29, 1.82) is 0 Å². The predicted octanol–water partition coefficient (Wildman–Crippen LogP) is 0.152. The summed E-state index contributed by atoms with van der Waals surface area (Å²) < 4.78 is 1.50. The fraction of sp³-hybridized carbons (Fsp3) is 0.167. The number of carboxylic acids is 1. The van der Waals surface area contributed by atoms with Crippen molar-refractivity contribution in [1.82, 2.24) is 14.8 Å². The molecule has 104 valence electrons. The average Bonchev–Trinajstić information content (AvgIpc) is 2.82. The maximum Gasteiger partial charge on any atom is 0.330 e. The van der Waals surface area contributed by atoms with Crippen LogP contribution in [0.4, 0.5) is 5.82 Å². The second-order valence-electron chi connectivity index (χ2n) is 4.16. The summed E-state index contributed by atoms with van der Waals surface area (Å²) in [6.45, 7) is 0. The molecule has 0 aliphatic carbocycles. The molecule has 8 heteroatoms. The number of primary amides is 1. The van der Waals surface area contributed by atoms with Crippen LogP contribution in [-0.4, -0.2) is 31.7 Å². The molecule has 0 saturated heterocycles. The summed E-state index contributed by atoms with van der Waals surface area (Å²) in [7, 11) is 1.69. The van der Waals surface area contributed by atoms with Crippen molar-refractivity contribution in [3.63, 3.8) is 0 Å². The lowest BCUT2D eigenvalue weighted by molar-refractivity contribution is -0.138. The summed E-state index contributed by atoms with van der Waals surface area (Å²) in [5.74, 6) is -1.44. The van der Waals surface area contributed by atoms with Crippen molar-refractivity contribution in [3.8, 4) is 0 Å². The highest BCUT2D eigenvalue weighted by molar-refractivity contribution is 5.93. The number of nitrogens with zero attached hydrogens (tertiary/aromatic N) is 3. The Hall–Kier alpha value is -2.90. The Morgan fingerprint density at radius 3 is 2.80 bits per heavy atom. The van der Waals surface area contributed by atoms with Crippen molar-refractivity contribution >= 4 is 17.7 Å². The van der Waals surface area contributed by atoms with Crippen molar-refractivity contribution in [2.75, 3.05) is 5.32 Å². The van der Waals surface area contributed by atoms with Gasteiger partial charge in [0, 0.05) is 30.6 Å². The van der Waals surface area contributed by atoms with E-state index in [4.69, 9.17) is 5.73 Å². The van der Waals surface area contributed by atoms with Gasteiger partial charge in [0.1, 0.15) is 5.82 Å². The van der Waals surface area contributed by atoms with Crippen LogP contribution in [0.1, 0.15) is 22.0 Å². The Morgan fingerprint density at radius 1 is 1.50 bits per heavy atom. The van der Waals surface area contributed by atoms with E-state index >= 15 is 0 Å². The molecule has 0 radical (unpaired) electrons. The van der Waals surface area contributed by atoms with E-state index in [0.717, 1.165) is 0 Å². The zero-order valence-corrected chi connectivity index (χ0v) is 10.6. The molecule has 0 spiro atoms. The van der Waals surface area contributed by atoms with Crippen LogP contribution in [0.2, 0.25) is 0 Å². The molecule has 1 atom stereocenters. The van der Waals surface area contributed by atoms with Gasteiger partial charge in [0.05, 0.1) is 6.20 Å².